The summed E-state index contributed by atoms with van der Waals surface area (Å²) in [6.07, 6.45) is -0.146. The molecule has 0 aliphatic rings. The van der Waals surface area contributed by atoms with Crippen molar-refractivity contribution in [3.63, 3.8) is 0 Å². The second-order valence-corrected chi connectivity index (χ2v) is 4.86. The van der Waals surface area contributed by atoms with Crippen LogP contribution < -0.4 is 9.47 Å². The minimum Gasteiger partial charge on any atom is -0.488 e. The number of carbonyl (C=O) groups is 1. The van der Waals surface area contributed by atoms with Gasteiger partial charge in [0.1, 0.15) is 5.75 Å². The van der Waals surface area contributed by atoms with E-state index < -0.39 is 11.8 Å². The van der Waals surface area contributed by atoms with Crippen LogP contribution in [0.2, 0.25) is 0 Å². The van der Waals surface area contributed by atoms with Crippen molar-refractivity contribution in [3.8, 4) is 17.2 Å². The Hall–Kier alpha value is -2.56. The molecule has 0 atom stereocenters. The van der Waals surface area contributed by atoms with Gasteiger partial charge in [-0.25, -0.2) is 4.79 Å². The van der Waals surface area contributed by atoms with Crippen LogP contribution in [0.25, 0.3) is 0 Å². The first-order valence-electron chi connectivity index (χ1n) is 6.82. The Balaban J connectivity index is 2.26. The zero-order valence-electron chi connectivity index (χ0n) is 12.6. The summed E-state index contributed by atoms with van der Waals surface area (Å²) < 4.78 is 29.8. The number of esters is 1. The fraction of sp³-hybridized carbons (Fsp3) is 0.235. The Morgan fingerprint density at radius 2 is 1.77 bits per heavy atom. The van der Waals surface area contributed by atoms with Gasteiger partial charge in [-0.05, 0) is 44.2 Å². The molecular formula is C17H17FO4. The molecule has 2 aromatic carbocycles. The quantitative estimate of drug-likeness (QED) is 0.777. The van der Waals surface area contributed by atoms with Gasteiger partial charge in [-0.15, -0.1) is 0 Å². The Kier molecular flexibility index (Phi) is 4.99. The first kappa shape index (κ1) is 15.8. The van der Waals surface area contributed by atoms with Crippen molar-refractivity contribution in [2.45, 2.75) is 20.0 Å². The number of hydrogen-bond acceptors (Lipinski definition) is 4. The standard InChI is InChI=1S/C17H17FO4/c1-11(2)21-14-8-5-9-15(16(14)18)22-13-7-4-6-12(10-13)17(19)20-3/h4-11H,1-3H3. The van der Waals surface area contributed by atoms with Gasteiger partial charge in [-0.2, -0.15) is 4.39 Å². The molecule has 0 N–H and O–H groups in total. The Morgan fingerprint density at radius 1 is 1.09 bits per heavy atom. The van der Waals surface area contributed by atoms with Gasteiger partial charge in [0.15, 0.2) is 11.5 Å². The SMILES string of the molecule is COC(=O)c1cccc(Oc2cccc(OC(C)C)c2F)c1. The van der Waals surface area contributed by atoms with Crippen LogP contribution in [0.1, 0.15) is 24.2 Å². The molecular weight excluding hydrogens is 287 g/mol. The molecule has 0 saturated heterocycles. The Bertz CT molecular complexity index is 667. The molecule has 4 nitrogen and oxygen atoms in total. The van der Waals surface area contributed by atoms with E-state index in [1.165, 1.54) is 25.3 Å². The molecule has 5 heteroatoms. The lowest BCUT2D eigenvalue weighted by molar-refractivity contribution is 0.0600. The zero-order chi connectivity index (χ0) is 16.1. The van der Waals surface area contributed by atoms with E-state index in [0.29, 0.717) is 11.3 Å². The van der Waals surface area contributed by atoms with E-state index in [9.17, 15) is 9.18 Å². The summed E-state index contributed by atoms with van der Waals surface area (Å²) in [6, 6.07) is 11.0. The first-order chi connectivity index (χ1) is 10.5. The summed E-state index contributed by atoms with van der Waals surface area (Å²) in [7, 11) is 1.29. The molecule has 0 bridgehead atoms. The fourth-order valence-electron chi connectivity index (χ4n) is 1.85. The smallest absolute Gasteiger partial charge is 0.337 e. The van der Waals surface area contributed by atoms with E-state index in [0.717, 1.165) is 0 Å². The van der Waals surface area contributed by atoms with Crippen molar-refractivity contribution in [1.29, 1.82) is 0 Å². The van der Waals surface area contributed by atoms with E-state index in [1.807, 2.05) is 13.8 Å². The summed E-state index contributed by atoms with van der Waals surface area (Å²) in [6.45, 7) is 3.62. The largest absolute Gasteiger partial charge is 0.488 e. The number of ether oxygens (including phenoxy) is 3. The van der Waals surface area contributed by atoms with Crippen LogP contribution in [0.3, 0.4) is 0 Å². The van der Waals surface area contributed by atoms with E-state index in [4.69, 9.17) is 9.47 Å². The monoisotopic (exact) mass is 304 g/mol. The minimum atomic E-state index is -0.584. The molecule has 116 valence electrons. The van der Waals surface area contributed by atoms with Crippen molar-refractivity contribution < 1.29 is 23.4 Å². The van der Waals surface area contributed by atoms with Crippen LogP contribution in [-0.2, 0) is 4.74 Å². The van der Waals surface area contributed by atoms with Crippen molar-refractivity contribution in [3.05, 3.63) is 53.8 Å². The third kappa shape index (κ3) is 3.75. The minimum absolute atomic E-state index is 0.0279. The molecule has 0 unspecified atom stereocenters. The molecule has 2 aromatic rings. The van der Waals surface area contributed by atoms with E-state index in [2.05, 4.69) is 4.74 Å². The Labute approximate surface area is 128 Å². The number of rotatable bonds is 5. The zero-order valence-corrected chi connectivity index (χ0v) is 12.6. The maximum absolute atomic E-state index is 14.3. The fourth-order valence-corrected chi connectivity index (χ4v) is 1.85. The lowest BCUT2D eigenvalue weighted by atomic mass is 10.2. The molecule has 0 spiro atoms. The lowest BCUT2D eigenvalue weighted by Gasteiger charge is -2.13. The molecule has 0 aliphatic carbocycles. The van der Waals surface area contributed by atoms with Crippen LogP contribution in [-0.4, -0.2) is 19.2 Å². The van der Waals surface area contributed by atoms with Crippen LogP contribution >= 0.6 is 0 Å². The third-order valence-corrected chi connectivity index (χ3v) is 2.77. The van der Waals surface area contributed by atoms with Crippen LogP contribution in [0.15, 0.2) is 42.5 Å². The molecule has 0 heterocycles. The number of methoxy groups -OCH3 is 1. The second-order valence-electron chi connectivity index (χ2n) is 4.86. The average molecular weight is 304 g/mol. The van der Waals surface area contributed by atoms with E-state index in [1.54, 1.807) is 24.3 Å². The van der Waals surface area contributed by atoms with Gasteiger partial charge in [0.05, 0.1) is 18.8 Å². The van der Waals surface area contributed by atoms with Gasteiger partial charge >= 0.3 is 5.97 Å². The predicted octanol–water partition coefficient (Wildman–Crippen LogP) is 4.19. The van der Waals surface area contributed by atoms with Crippen molar-refractivity contribution >= 4 is 5.97 Å². The highest BCUT2D eigenvalue weighted by Gasteiger charge is 2.13. The summed E-state index contributed by atoms with van der Waals surface area (Å²) in [5.74, 6) is -0.581. The van der Waals surface area contributed by atoms with Crippen LogP contribution in [0.5, 0.6) is 17.2 Å². The summed E-state index contributed by atoms with van der Waals surface area (Å²) >= 11 is 0. The number of carbonyl (C=O) groups excluding carboxylic acids is 1. The maximum atomic E-state index is 14.3. The highest BCUT2D eigenvalue weighted by Crippen LogP contribution is 2.31. The number of halogens is 1. The highest BCUT2D eigenvalue weighted by atomic mass is 19.1. The van der Waals surface area contributed by atoms with E-state index in [-0.39, 0.29) is 17.6 Å². The summed E-state index contributed by atoms with van der Waals surface area (Å²) in [5.41, 5.74) is 0.329. The first-order valence-corrected chi connectivity index (χ1v) is 6.82. The van der Waals surface area contributed by atoms with Crippen LogP contribution in [0.4, 0.5) is 4.39 Å². The van der Waals surface area contributed by atoms with Gasteiger partial charge in [-0.1, -0.05) is 12.1 Å². The van der Waals surface area contributed by atoms with Crippen LogP contribution in [0, 0.1) is 5.82 Å². The topological polar surface area (TPSA) is 44.8 Å². The van der Waals surface area contributed by atoms with Gasteiger partial charge < -0.3 is 14.2 Å². The summed E-state index contributed by atoms with van der Waals surface area (Å²) in [5, 5.41) is 0. The summed E-state index contributed by atoms with van der Waals surface area (Å²) in [4.78, 5) is 11.5. The molecule has 0 aromatic heterocycles. The highest BCUT2D eigenvalue weighted by molar-refractivity contribution is 5.89. The molecule has 0 fully saturated rings. The average Bonchev–Trinajstić information content (AvgIpc) is 2.50. The Morgan fingerprint density at radius 3 is 2.45 bits per heavy atom. The maximum Gasteiger partial charge on any atom is 0.337 e. The molecule has 0 amide bonds. The molecule has 0 saturated carbocycles. The molecule has 0 aliphatic heterocycles. The molecule has 2 rings (SSSR count). The van der Waals surface area contributed by atoms with Gasteiger partial charge in [-0.3, -0.25) is 0 Å². The lowest BCUT2D eigenvalue weighted by Crippen LogP contribution is -2.07. The van der Waals surface area contributed by atoms with Gasteiger partial charge in [0, 0.05) is 0 Å². The van der Waals surface area contributed by atoms with E-state index >= 15 is 0 Å². The third-order valence-electron chi connectivity index (χ3n) is 2.77. The predicted molar refractivity (Wildman–Crippen MR) is 80.0 cm³/mol. The van der Waals surface area contributed by atoms with Crippen molar-refractivity contribution in [1.82, 2.24) is 0 Å². The van der Waals surface area contributed by atoms with Crippen molar-refractivity contribution in [2.24, 2.45) is 0 Å². The second kappa shape index (κ2) is 6.93. The van der Waals surface area contributed by atoms with Crippen molar-refractivity contribution in [2.75, 3.05) is 7.11 Å². The normalized spacial score (nSPS) is 10.4. The molecule has 22 heavy (non-hydrogen) atoms. The van der Waals surface area contributed by atoms with Gasteiger partial charge in [0.2, 0.25) is 5.82 Å². The number of hydrogen-bond donors (Lipinski definition) is 0. The van der Waals surface area contributed by atoms with Gasteiger partial charge in [0.25, 0.3) is 0 Å². The number of benzene rings is 2. The molecule has 0 radical (unpaired) electrons.